The molecule has 7 nitrogen and oxygen atoms in total. The molecule has 3 aromatic rings. The largest absolute Gasteiger partial charge is 0.491 e. The minimum absolute atomic E-state index is 0.434. The van der Waals surface area contributed by atoms with E-state index in [4.69, 9.17) is 19.9 Å². The third-order valence-electron chi connectivity index (χ3n) is 4.00. The van der Waals surface area contributed by atoms with Crippen LogP contribution in [0, 0.1) is 0 Å². The lowest BCUT2D eigenvalue weighted by molar-refractivity contribution is 0.0831. The van der Waals surface area contributed by atoms with Crippen molar-refractivity contribution in [2.75, 3.05) is 32.7 Å². The molecule has 2 aromatic heterocycles. The Hall–Kier alpha value is -2.38. The first kappa shape index (κ1) is 14.2. The summed E-state index contributed by atoms with van der Waals surface area (Å²) in [7, 11) is 1.65. The summed E-state index contributed by atoms with van der Waals surface area (Å²) in [5.41, 5.74) is 8.69. The lowest BCUT2D eigenvalue weighted by atomic mass is 10.1. The molecule has 1 aromatic carbocycles. The summed E-state index contributed by atoms with van der Waals surface area (Å²) >= 11 is 0. The van der Waals surface area contributed by atoms with Crippen LogP contribution in [0.1, 0.15) is 5.82 Å². The summed E-state index contributed by atoms with van der Waals surface area (Å²) in [6.07, 6.45) is 0. The number of nitrogen functional groups attached to an aromatic ring is 1. The second kappa shape index (κ2) is 5.68. The van der Waals surface area contributed by atoms with Crippen LogP contribution in [0.2, 0.25) is 0 Å². The molecule has 0 unspecified atom stereocenters. The first-order valence-corrected chi connectivity index (χ1v) is 7.56. The van der Waals surface area contributed by atoms with Gasteiger partial charge in [-0.3, -0.25) is 0 Å². The number of methoxy groups -OCH3 is 1. The van der Waals surface area contributed by atoms with Gasteiger partial charge < -0.3 is 24.5 Å². The minimum atomic E-state index is 0.434. The first-order chi connectivity index (χ1) is 11.3. The highest BCUT2D eigenvalue weighted by Gasteiger charge is 2.19. The van der Waals surface area contributed by atoms with E-state index in [2.05, 4.69) is 14.5 Å². The third kappa shape index (κ3) is 2.38. The topological polar surface area (TPSA) is 84.4 Å². The summed E-state index contributed by atoms with van der Waals surface area (Å²) in [5, 5.41) is 1.02. The maximum atomic E-state index is 6.12. The van der Waals surface area contributed by atoms with Crippen LogP contribution in [0.4, 0.5) is 5.82 Å². The van der Waals surface area contributed by atoms with E-state index < -0.39 is 0 Å². The summed E-state index contributed by atoms with van der Waals surface area (Å²) in [5.74, 6) is 2.08. The molecule has 0 fully saturated rings. The number of ether oxygens (including phenoxy) is 3. The van der Waals surface area contributed by atoms with E-state index in [1.165, 1.54) is 0 Å². The van der Waals surface area contributed by atoms with Gasteiger partial charge in [0, 0.05) is 25.1 Å². The van der Waals surface area contributed by atoms with Gasteiger partial charge in [-0.05, 0) is 12.1 Å². The second-order valence-electron chi connectivity index (χ2n) is 5.45. The highest BCUT2D eigenvalue weighted by molar-refractivity contribution is 6.06. The van der Waals surface area contributed by atoms with Crippen molar-refractivity contribution < 1.29 is 14.2 Å². The zero-order chi connectivity index (χ0) is 15.8. The van der Waals surface area contributed by atoms with E-state index in [0.717, 1.165) is 40.1 Å². The van der Waals surface area contributed by atoms with Gasteiger partial charge in [0.05, 0.1) is 24.2 Å². The van der Waals surface area contributed by atoms with Crippen LogP contribution in [-0.4, -0.2) is 41.5 Å². The number of hydrogen-bond donors (Lipinski definition) is 1. The van der Waals surface area contributed by atoms with Crippen LogP contribution >= 0.6 is 0 Å². The Kier molecular flexibility index (Phi) is 3.51. The molecule has 7 heteroatoms. The summed E-state index contributed by atoms with van der Waals surface area (Å²) in [6, 6.07) is 5.85. The zero-order valence-electron chi connectivity index (χ0n) is 12.9. The van der Waals surface area contributed by atoms with E-state index in [0.29, 0.717) is 32.2 Å². The molecular formula is C16H18N4O3. The highest BCUT2D eigenvalue weighted by atomic mass is 16.5. The van der Waals surface area contributed by atoms with Crippen LogP contribution in [0.15, 0.2) is 18.2 Å². The average Bonchev–Trinajstić information content (AvgIpc) is 2.95. The molecule has 0 spiro atoms. The number of rotatable bonds is 4. The van der Waals surface area contributed by atoms with Crippen molar-refractivity contribution in [2.45, 2.75) is 13.2 Å². The second-order valence-corrected chi connectivity index (χ2v) is 5.45. The number of imidazole rings is 1. The quantitative estimate of drug-likeness (QED) is 0.738. The van der Waals surface area contributed by atoms with Crippen molar-refractivity contribution in [3.63, 3.8) is 0 Å². The Morgan fingerprint density at radius 2 is 2.22 bits per heavy atom. The first-order valence-electron chi connectivity index (χ1n) is 7.56. The highest BCUT2D eigenvalue weighted by Crippen LogP contribution is 2.31. The zero-order valence-corrected chi connectivity index (χ0v) is 12.9. The third-order valence-corrected chi connectivity index (χ3v) is 4.00. The molecule has 1 aliphatic heterocycles. The standard InChI is InChI=1S/C16H18N4O3/c1-21-6-7-23-10-2-3-11-12(8-10)18-16(17)14-15(11)20-4-5-22-9-13(20)19-14/h2-3,8H,4-7,9H2,1H3,(H2,17,18). The Morgan fingerprint density at radius 3 is 3.09 bits per heavy atom. The Morgan fingerprint density at radius 1 is 1.30 bits per heavy atom. The molecule has 0 atom stereocenters. The summed E-state index contributed by atoms with van der Waals surface area (Å²) < 4.78 is 18.3. The van der Waals surface area contributed by atoms with Crippen molar-refractivity contribution >= 4 is 27.8 Å². The van der Waals surface area contributed by atoms with Gasteiger partial charge in [-0.1, -0.05) is 0 Å². The van der Waals surface area contributed by atoms with Crippen molar-refractivity contribution in [1.29, 1.82) is 0 Å². The van der Waals surface area contributed by atoms with E-state index >= 15 is 0 Å². The Balaban J connectivity index is 1.86. The number of fused-ring (bicyclic) bond motifs is 5. The van der Waals surface area contributed by atoms with Gasteiger partial charge >= 0.3 is 0 Å². The van der Waals surface area contributed by atoms with Crippen molar-refractivity contribution in [3.8, 4) is 5.75 Å². The summed E-state index contributed by atoms with van der Waals surface area (Å²) in [4.78, 5) is 9.07. The molecule has 3 heterocycles. The van der Waals surface area contributed by atoms with E-state index in [9.17, 15) is 0 Å². The van der Waals surface area contributed by atoms with Gasteiger partial charge in [0.1, 0.15) is 30.3 Å². The molecule has 0 bridgehead atoms. The summed E-state index contributed by atoms with van der Waals surface area (Å²) in [6.45, 7) is 3.01. The smallest absolute Gasteiger partial charge is 0.152 e. The predicted octanol–water partition coefficient (Wildman–Crippen LogP) is 1.72. The number of benzene rings is 1. The van der Waals surface area contributed by atoms with Gasteiger partial charge in [0.25, 0.3) is 0 Å². The van der Waals surface area contributed by atoms with Crippen molar-refractivity contribution in [1.82, 2.24) is 14.5 Å². The van der Waals surface area contributed by atoms with Crippen LogP contribution in [0.25, 0.3) is 21.9 Å². The van der Waals surface area contributed by atoms with Gasteiger partial charge in [0.2, 0.25) is 0 Å². The predicted molar refractivity (Wildman–Crippen MR) is 86.5 cm³/mol. The molecule has 1 aliphatic rings. The fraction of sp³-hybridized carbons (Fsp3) is 0.375. The lowest BCUT2D eigenvalue weighted by Gasteiger charge is -2.15. The lowest BCUT2D eigenvalue weighted by Crippen LogP contribution is -2.16. The van der Waals surface area contributed by atoms with Crippen LogP contribution in [0.3, 0.4) is 0 Å². The number of hydrogen-bond acceptors (Lipinski definition) is 6. The Labute approximate surface area is 133 Å². The van der Waals surface area contributed by atoms with Crippen LogP contribution in [0.5, 0.6) is 5.75 Å². The molecule has 0 saturated carbocycles. The molecule has 0 radical (unpaired) electrons. The van der Waals surface area contributed by atoms with Crippen LogP contribution < -0.4 is 10.5 Å². The van der Waals surface area contributed by atoms with Crippen LogP contribution in [-0.2, 0) is 22.6 Å². The minimum Gasteiger partial charge on any atom is -0.491 e. The van der Waals surface area contributed by atoms with Crippen molar-refractivity contribution in [3.05, 3.63) is 24.0 Å². The van der Waals surface area contributed by atoms with Gasteiger partial charge in [-0.2, -0.15) is 0 Å². The average molecular weight is 314 g/mol. The van der Waals surface area contributed by atoms with E-state index in [-0.39, 0.29) is 0 Å². The number of aromatic nitrogens is 3. The normalized spacial score (nSPS) is 14.3. The van der Waals surface area contributed by atoms with Gasteiger partial charge in [-0.15, -0.1) is 0 Å². The molecule has 2 N–H and O–H groups in total. The monoisotopic (exact) mass is 314 g/mol. The molecule has 0 amide bonds. The maximum Gasteiger partial charge on any atom is 0.152 e. The molecule has 120 valence electrons. The van der Waals surface area contributed by atoms with Gasteiger partial charge in [0.15, 0.2) is 5.82 Å². The van der Waals surface area contributed by atoms with E-state index in [1.807, 2.05) is 18.2 Å². The van der Waals surface area contributed by atoms with E-state index in [1.54, 1.807) is 7.11 Å². The SMILES string of the molecule is COCCOc1ccc2c(c1)nc(N)c1nc3n(c12)CCOC3. The molecular weight excluding hydrogens is 296 g/mol. The van der Waals surface area contributed by atoms with Gasteiger partial charge in [-0.25, -0.2) is 9.97 Å². The fourth-order valence-corrected chi connectivity index (χ4v) is 2.94. The fourth-order valence-electron chi connectivity index (χ4n) is 2.94. The molecule has 4 rings (SSSR count). The number of pyridine rings is 1. The number of nitrogens with two attached hydrogens (primary N) is 1. The molecule has 23 heavy (non-hydrogen) atoms. The number of anilines is 1. The maximum absolute atomic E-state index is 6.12. The molecule has 0 aliphatic carbocycles. The Bertz CT molecular complexity index is 875. The molecule has 0 saturated heterocycles. The van der Waals surface area contributed by atoms with Crippen molar-refractivity contribution in [2.24, 2.45) is 0 Å². The number of nitrogens with zero attached hydrogens (tertiary/aromatic N) is 3.